The molecular weight excluding hydrogens is 120 g/mol. The number of rotatable bonds is 4. The average Bonchev–Trinajstić information content (AvgIpc) is 1.83. The van der Waals surface area contributed by atoms with E-state index in [-0.39, 0.29) is 6.10 Å². The normalized spacial score (nSPS) is 17.3. The first kappa shape index (κ1) is 8.88. The van der Waals surface area contributed by atoms with Crippen molar-refractivity contribution in [1.82, 2.24) is 0 Å². The van der Waals surface area contributed by atoms with E-state index in [4.69, 9.17) is 10.2 Å². The molecule has 0 saturated heterocycles. The predicted molar refractivity (Wildman–Crippen MR) is 33.9 cm³/mol. The third-order valence-electron chi connectivity index (χ3n) is 1.10. The van der Waals surface area contributed by atoms with Crippen molar-refractivity contribution in [3.63, 3.8) is 0 Å². The molecule has 0 aromatic heterocycles. The van der Waals surface area contributed by atoms with E-state index < -0.39 is 6.29 Å². The Labute approximate surface area is 55.3 Å². The van der Waals surface area contributed by atoms with Crippen LogP contribution in [0.3, 0.4) is 0 Å². The van der Waals surface area contributed by atoms with Crippen LogP contribution in [0.1, 0.15) is 19.8 Å². The topological polar surface area (TPSA) is 49.7 Å². The zero-order valence-electron chi connectivity index (χ0n) is 5.87. The molecule has 0 saturated carbocycles. The van der Waals surface area contributed by atoms with Gasteiger partial charge in [-0.1, -0.05) is 0 Å². The maximum Gasteiger partial charge on any atom is 0.154 e. The van der Waals surface area contributed by atoms with E-state index in [2.05, 4.69) is 4.74 Å². The van der Waals surface area contributed by atoms with E-state index in [9.17, 15) is 0 Å². The van der Waals surface area contributed by atoms with Crippen molar-refractivity contribution in [3.8, 4) is 0 Å². The number of methoxy groups -OCH3 is 1. The molecule has 2 atom stereocenters. The summed E-state index contributed by atoms with van der Waals surface area (Å²) in [5.41, 5.74) is 0. The minimum atomic E-state index is -0.723. The lowest BCUT2D eigenvalue weighted by molar-refractivity contribution is -0.0833. The second-order valence-electron chi connectivity index (χ2n) is 2.12. The molecule has 2 unspecified atom stereocenters. The first-order valence-electron chi connectivity index (χ1n) is 3.05. The molecule has 0 aromatic carbocycles. The van der Waals surface area contributed by atoms with E-state index in [1.807, 2.05) is 0 Å². The molecule has 9 heavy (non-hydrogen) atoms. The van der Waals surface area contributed by atoms with Gasteiger partial charge in [-0.2, -0.15) is 0 Å². The second-order valence-corrected chi connectivity index (χ2v) is 2.12. The first-order chi connectivity index (χ1) is 4.16. The van der Waals surface area contributed by atoms with Gasteiger partial charge in [-0.25, -0.2) is 0 Å². The molecular formula is C6H14O3. The fourth-order valence-corrected chi connectivity index (χ4v) is 0.502. The SMILES string of the molecule is COC(O)CCC(C)O. The number of hydrogen-bond acceptors (Lipinski definition) is 3. The summed E-state index contributed by atoms with van der Waals surface area (Å²) in [6.07, 6.45) is -0.00204. The third kappa shape index (κ3) is 5.76. The van der Waals surface area contributed by atoms with Gasteiger partial charge in [0.25, 0.3) is 0 Å². The number of aliphatic hydroxyl groups excluding tert-OH is 2. The third-order valence-corrected chi connectivity index (χ3v) is 1.10. The van der Waals surface area contributed by atoms with Gasteiger partial charge < -0.3 is 14.9 Å². The standard InChI is InChI=1S/C6H14O3/c1-5(7)3-4-6(8)9-2/h5-8H,3-4H2,1-2H3. The Morgan fingerprint density at radius 1 is 1.33 bits per heavy atom. The summed E-state index contributed by atoms with van der Waals surface area (Å²) in [6, 6.07) is 0. The van der Waals surface area contributed by atoms with Gasteiger partial charge in [-0.3, -0.25) is 0 Å². The Balaban J connectivity index is 3.06. The molecule has 0 bridgehead atoms. The molecule has 0 aliphatic rings. The molecule has 0 radical (unpaired) electrons. The lowest BCUT2D eigenvalue weighted by Gasteiger charge is -2.08. The molecule has 0 aliphatic heterocycles. The maximum absolute atomic E-state index is 8.77. The van der Waals surface area contributed by atoms with Gasteiger partial charge in [0.15, 0.2) is 6.29 Å². The molecule has 3 nitrogen and oxygen atoms in total. The van der Waals surface area contributed by atoms with Crippen molar-refractivity contribution in [2.45, 2.75) is 32.2 Å². The Bertz CT molecular complexity index is 63.3. The van der Waals surface area contributed by atoms with Gasteiger partial charge in [0, 0.05) is 13.5 Å². The van der Waals surface area contributed by atoms with Gasteiger partial charge in [0.1, 0.15) is 0 Å². The van der Waals surface area contributed by atoms with Crippen molar-refractivity contribution in [3.05, 3.63) is 0 Å². The van der Waals surface area contributed by atoms with E-state index in [0.29, 0.717) is 12.8 Å². The highest BCUT2D eigenvalue weighted by atomic mass is 16.6. The van der Waals surface area contributed by atoms with E-state index in [0.717, 1.165) is 0 Å². The predicted octanol–water partition coefficient (Wildman–Crippen LogP) is 0.112. The number of aliphatic hydroxyl groups is 2. The summed E-state index contributed by atoms with van der Waals surface area (Å²) in [5, 5.41) is 17.5. The molecule has 0 aromatic rings. The molecule has 0 spiro atoms. The van der Waals surface area contributed by atoms with Crippen LogP contribution in [0.5, 0.6) is 0 Å². The van der Waals surface area contributed by atoms with Crippen LogP contribution in [0.2, 0.25) is 0 Å². The van der Waals surface area contributed by atoms with Crippen LogP contribution in [0.4, 0.5) is 0 Å². The minimum Gasteiger partial charge on any atom is -0.393 e. The summed E-state index contributed by atoms with van der Waals surface area (Å²) in [4.78, 5) is 0. The summed E-state index contributed by atoms with van der Waals surface area (Å²) < 4.78 is 4.54. The van der Waals surface area contributed by atoms with Crippen molar-refractivity contribution in [1.29, 1.82) is 0 Å². The summed E-state index contributed by atoms with van der Waals surface area (Å²) in [5.74, 6) is 0. The first-order valence-corrected chi connectivity index (χ1v) is 3.05. The lowest BCUT2D eigenvalue weighted by atomic mass is 10.2. The maximum atomic E-state index is 8.77. The Morgan fingerprint density at radius 3 is 2.22 bits per heavy atom. The molecule has 2 N–H and O–H groups in total. The fraction of sp³-hybridized carbons (Fsp3) is 1.00. The van der Waals surface area contributed by atoms with E-state index in [1.165, 1.54) is 7.11 Å². The fourth-order valence-electron chi connectivity index (χ4n) is 0.502. The molecule has 56 valence electrons. The van der Waals surface area contributed by atoms with Crippen LogP contribution in [0.25, 0.3) is 0 Å². The summed E-state index contributed by atoms with van der Waals surface area (Å²) >= 11 is 0. The number of ether oxygens (including phenoxy) is 1. The van der Waals surface area contributed by atoms with Crippen molar-refractivity contribution >= 4 is 0 Å². The quantitative estimate of drug-likeness (QED) is 0.536. The molecule has 0 rings (SSSR count). The van der Waals surface area contributed by atoms with Crippen molar-refractivity contribution in [2.24, 2.45) is 0 Å². The Kier molecular flexibility index (Phi) is 4.67. The van der Waals surface area contributed by atoms with Crippen molar-refractivity contribution in [2.75, 3.05) is 7.11 Å². The summed E-state index contributed by atoms with van der Waals surface area (Å²) in [6.45, 7) is 1.68. The molecule has 0 heterocycles. The largest absolute Gasteiger partial charge is 0.393 e. The van der Waals surface area contributed by atoms with Gasteiger partial charge in [-0.05, 0) is 13.3 Å². The number of hydrogen-bond donors (Lipinski definition) is 2. The van der Waals surface area contributed by atoms with Crippen LogP contribution in [0.15, 0.2) is 0 Å². The zero-order chi connectivity index (χ0) is 7.28. The molecule has 0 fully saturated rings. The van der Waals surface area contributed by atoms with Gasteiger partial charge >= 0.3 is 0 Å². The van der Waals surface area contributed by atoms with Gasteiger partial charge in [0.05, 0.1) is 6.10 Å². The minimum absolute atomic E-state index is 0.352. The smallest absolute Gasteiger partial charge is 0.154 e. The Morgan fingerprint density at radius 2 is 1.89 bits per heavy atom. The van der Waals surface area contributed by atoms with Gasteiger partial charge in [-0.15, -0.1) is 0 Å². The Hall–Kier alpha value is -0.120. The van der Waals surface area contributed by atoms with Crippen molar-refractivity contribution < 1.29 is 14.9 Å². The van der Waals surface area contributed by atoms with Crippen LogP contribution in [-0.4, -0.2) is 29.7 Å². The highest BCUT2D eigenvalue weighted by molar-refractivity contribution is 4.48. The highest BCUT2D eigenvalue weighted by Gasteiger charge is 2.02. The summed E-state index contributed by atoms with van der Waals surface area (Å²) in [7, 11) is 1.44. The second kappa shape index (κ2) is 4.73. The van der Waals surface area contributed by atoms with Crippen LogP contribution < -0.4 is 0 Å². The van der Waals surface area contributed by atoms with E-state index in [1.54, 1.807) is 6.92 Å². The van der Waals surface area contributed by atoms with Crippen LogP contribution in [-0.2, 0) is 4.74 Å². The van der Waals surface area contributed by atoms with Gasteiger partial charge in [0.2, 0.25) is 0 Å². The molecule has 0 amide bonds. The zero-order valence-corrected chi connectivity index (χ0v) is 5.87. The molecule has 0 aliphatic carbocycles. The molecule has 3 heteroatoms. The van der Waals surface area contributed by atoms with E-state index >= 15 is 0 Å². The van der Waals surface area contributed by atoms with Crippen LogP contribution in [0, 0.1) is 0 Å². The lowest BCUT2D eigenvalue weighted by Crippen LogP contribution is -2.12. The van der Waals surface area contributed by atoms with Crippen LogP contribution >= 0.6 is 0 Å². The average molecular weight is 134 g/mol. The highest BCUT2D eigenvalue weighted by Crippen LogP contribution is 2.00. The monoisotopic (exact) mass is 134 g/mol.